The molecule has 0 radical (unpaired) electrons. The number of nitrogens with zero attached hydrogens (tertiary/aromatic N) is 3. The zero-order valence-corrected chi connectivity index (χ0v) is 13.0. The number of hydrogen-bond donors (Lipinski definition) is 1. The molecule has 116 valence electrons. The Labute approximate surface area is 129 Å². The molecule has 1 aliphatic rings. The fourth-order valence-electron chi connectivity index (χ4n) is 2.49. The third-order valence-corrected chi connectivity index (χ3v) is 3.42. The fraction of sp³-hybridized carbons (Fsp3) is 0.375. The Hall–Kier alpha value is -2.50. The van der Waals surface area contributed by atoms with Gasteiger partial charge in [-0.15, -0.1) is 0 Å². The normalized spacial score (nSPS) is 14.0. The second-order valence-electron chi connectivity index (χ2n) is 6.46. The average Bonchev–Trinajstić information content (AvgIpc) is 2.95. The van der Waals surface area contributed by atoms with Gasteiger partial charge in [0.1, 0.15) is 5.60 Å². The summed E-state index contributed by atoms with van der Waals surface area (Å²) in [5.74, 6) is 0. The predicted octanol–water partition coefficient (Wildman–Crippen LogP) is 2.71. The van der Waals surface area contributed by atoms with Crippen LogP contribution >= 0.6 is 0 Å². The van der Waals surface area contributed by atoms with Crippen LogP contribution in [-0.2, 0) is 17.8 Å². The molecule has 6 nitrogen and oxygen atoms in total. The quantitative estimate of drug-likeness (QED) is 0.822. The van der Waals surface area contributed by atoms with Gasteiger partial charge >= 0.3 is 6.09 Å². The van der Waals surface area contributed by atoms with Crippen LogP contribution in [0.25, 0.3) is 5.69 Å². The summed E-state index contributed by atoms with van der Waals surface area (Å²) >= 11 is 0. The minimum absolute atomic E-state index is 0.303. The maximum atomic E-state index is 12.2. The maximum absolute atomic E-state index is 12.2. The Bertz CT molecular complexity index is 715. The lowest BCUT2D eigenvalue weighted by atomic mass is 10.2. The Morgan fingerprint density at radius 1 is 1.32 bits per heavy atom. The van der Waals surface area contributed by atoms with E-state index in [0.717, 1.165) is 16.9 Å². The maximum Gasteiger partial charge on any atom is 0.410 e. The van der Waals surface area contributed by atoms with Crippen LogP contribution in [0.1, 0.15) is 32.0 Å². The van der Waals surface area contributed by atoms with E-state index in [-0.39, 0.29) is 6.09 Å². The molecule has 0 spiro atoms. The molecule has 0 saturated carbocycles. The number of aromatic nitrogens is 2. The molecule has 2 aromatic rings. The first kappa shape index (κ1) is 14.4. The van der Waals surface area contributed by atoms with Crippen LogP contribution in [0, 0.1) is 0 Å². The number of anilines is 1. The first-order valence-corrected chi connectivity index (χ1v) is 7.23. The molecule has 0 unspecified atom stereocenters. The van der Waals surface area contributed by atoms with E-state index in [1.165, 1.54) is 0 Å². The number of nitrogens with two attached hydrogens (primary N) is 1. The molecule has 6 heteroatoms. The smallest absolute Gasteiger partial charge is 0.410 e. The lowest BCUT2D eigenvalue weighted by molar-refractivity contribution is 0.0239. The molecule has 0 atom stereocenters. The Kier molecular flexibility index (Phi) is 3.31. The summed E-state index contributed by atoms with van der Waals surface area (Å²) in [7, 11) is 0. The van der Waals surface area contributed by atoms with Crippen molar-refractivity contribution in [3.8, 4) is 5.69 Å². The molecule has 2 N–H and O–H groups in total. The summed E-state index contributed by atoms with van der Waals surface area (Å²) in [6.07, 6.45) is 1.49. The van der Waals surface area contributed by atoms with E-state index in [1.807, 2.05) is 49.7 Å². The van der Waals surface area contributed by atoms with Gasteiger partial charge in [-0.2, -0.15) is 5.10 Å². The minimum Gasteiger partial charge on any atom is -0.444 e. The van der Waals surface area contributed by atoms with Gasteiger partial charge in [0.15, 0.2) is 0 Å². The van der Waals surface area contributed by atoms with Crippen molar-refractivity contribution in [2.45, 2.75) is 39.5 Å². The third kappa shape index (κ3) is 2.77. The molecule has 0 fully saturated rings. The van der Waals surface area contributed by atoms with Gasteiger partial charge in [-0.25, -0.2) is 9.48 Å². The molecule has 22 heavy (non-hydrogen) atoms. The highest BCUT2D eigenvalue weighted by Gasteiger charge is 2.30. The molecule has 0 aliphatic carbocycles. The van der Waals surface area contributed by atoms with E-state index in [2.05, 4.69) is 5.10 Å². The van der Waals surface area contributed by atoms with Gasteiger partial charge in [-0.3, -0.25) is 4.90 Å². The standard InChI is InChI=1S/C16H20N4O2/c1-16(2,3)22-15(21)19-9-11-8-18-20(14(11)10-19)13-6-4-5-12(17)7-13/h4-8H,9-10,17H2,1-3H3. The number of carbonyl (C=O) groups is 1. The average molecular weight is 300 g/mol. The SMILES string of the molecule is CC(C)(C)OC(=O)N1Cc2cnn(-c3cccc(N)c3)c2C1. The van der Waals surface area contributed by atoms with Gasteiger partial charge in [0, 0.05) is 11.3 Å². The number of carbonyl (C=O) groups excluding carboxylic acids is 1. The van der Waals surface area contributed by atoms with Crippen molar-refractivity contribution in [2.75, 3.05) is 5.73 Å². The second kappa shape index (κ2) is 5.05. The highest BCUT2D eigenvalue weighted by atomic mass is 16.6. The summed E-state index contributed by atoms with van der Waals surface area (Å²) in [6, 6.07) is 7.53. The van der Waals surface area contributed by atoms with Crippen LogP contribution in [0.5, 0.6) is 0 Å². The van der Waals surface area contributed by atoms with E-state index >= 15 is 0 Å². The number of rotatable bonds is 1. The third-order valence-electron chi connectivity index (χ3n) is 3.42. The lowest BCUT2D eigenvalue weighted by Gasteiger charge is -2.24. The van der Waals surface area contributed by atoms with E-state index < -0.39 is 5.60 Å². The van der Waals surface area contributed by atoms with Gasteiger partial charge in [-0.1, -0.05) is 6.07 Å². The molecule has 1 amide bonds. The van der Waals surface area contributed by atoms with Crippen molar-refractivity contribution in [1.82, 2.24) is 14.7 Å². The lowest BCUT2D eigenvalue weighted by Crippen LogP contribution is -2.33. The number of ether oxygens (including phenoxy) is 1. The van der Waals surface area contributed by atoms with Crippen LogP contribution in [0.2, 0.25) is 0 Å². The number of amides is 1. The van der Waals surface area contributed by atoms with E-state index in [1.54, 1.807) is 11.1 Å². The predicted molar refractivity (Wildman–Crippen MR) is 83.5 cm³/mol. The Morgan fingerprint density at radius 2 is 2.09 bits per heavy atom. The van der Waals surface area contributed by atoms with Crippen molar-refractivity contribution in [3.63, 3.8) is 0 Å². The molecule has 1 aliphatic heterocycles. The monoisotopic (exact) mass is 300 g/mol. The van der Waals surface area contributed by atoms with Gasteiger partial charge in [0.25, 0.3) is 0 Å². The van der Waals surface area contributed by atoms with Gasteiger partial charge in [-0.05, 0) is 39.0 Å². The molecule has 3 rings (SSSR count). The van der Waals surface area contributed by atoms with Gasteiger partial charge < -0.3 is 10.5 Å². The first-order valence-electron chi connectivity index (χ1n) is 7.23. The largest absolute Gasteiger partial charge is 0.444 e. The zero-order valence-electron chi connectivity index (χ0n) is 13.0. The van der Waals surface area contributed by atoms with Crippen molar-refractivity contribution < 1.29 is 9.53 Å². The number of benzene rings is 1. The second-order valence-corrected chi connectivity index (χ2v) is 6.46. The Morgan fingerprint density at radius 3 is 2.77 bits per heavy atom. The summed E-state index contributed by atoms with van der Waals surface area (Å²) < 4.78 is 7.25. The topological polar surface area (TPSA) is 73.4 Å². The molecular weight excluding hydrogens is 280 g/mol. The molecule has 1 aromatic carbocycles. The summed E-state index contributed by atoms with van der Waals surface area (Å²) in [6.45, 7) is 6.60. The van der Waals surface area contributed by atoms with Crippen molar-refractivity contribution in [3.05, 3.63) is 41.7 Å². The highest BCUT2D eigenvalue weighted by molar-refractivity contribution is 5.69. The molecule has 0 bridgehead atoms. The van der Waals surface area contributed by atoms with Crippen LogP contribution in [0.3, 0.4) is 0 Å². The summed E-state index contributed by atoms with van der Waals surface area (Å²) in [5, 5.41) is 4.40. The van der Waals surface area contributed by atoms with Crippen LogP contribution in [0.15, 0.2) is 30.5 Å². The van der Waals surface area contributed by atoms with Crippen LogP contribution in [-0.4, -0.2) is 26.4 Å². The molecule has 1 aromatic heterocycles. The summed E-state index contributed by atoms with van der Waals surface area (Å²) in [5.41, 5.74) is 8.95. The van der Waals surface area contributed by atoms with Crippen LogP contribution in [0.4, 0.5) is 10.5 Å². The number of hydrogen-bond acceptors (Lipinski definition) is 4. The molecule has 0 saturated heterocycles. The van der Waals surface area contributed by atoms with E-state index in [9.17, 15) is 4.79 Å². The highest BCUT2D eigenvalue weighted by Crippen LogP contribution is 2.27. The number of nitrogen functional groups attached to an aromatic ring is 1. The summed E-state index contributed by atoms with van der Waals surface area (Å²) in [4.78, 5) is 13.9. The van der Waals surface area contributed by atoms with Crippen LogP contribution < -0.4 is 5.73 Å². The van der Waals surface area contributed by atoms with Crippen molar-refractivity contribution >= 4 is 11.8 Å². The zero-order chi connectivity index (χ0) is 15.9. The minimum atomic E-state index is -0.494. The van der Waals surface area contributed by atoms with Gasteiger partial charge in [0.2, 0.25) is 0 Å². The molecular formula is C16H20N4O2. The van der Waals surface area contributed by atoms with Gasteiger partial charge in [0.05, 0.1) is 30.7 Å². The number of fused-ring (bicyclic) bond motifs is 1. The van der Waals surface area contributed by atoms with E-state index in [4.69, 9.17) is 10.5 Å². The van der Waals surface area contributed by atoms with Crippen molar-refractivity contribution in [2.24, 2.45) is 0 Å². The first-order chi connectivity index (χ1) is 10.3. The van der Waals surface area contributed by atoms with Crippen molar-refractivity contribution in [1.29, 1.82) is 0 Å². The molecule has 2 heterocycles. The van der Waals surface area contributed by atoms with E-state index in [0.29, 0.717) is 18.8 Å². The fourth-order valence-corrected chi connectivity index (χ4v) is 2.49. The Balaban J connectivity index is 1.82.